The zero-order chi connectivity index (χ0) is 22.0. The molecule has 1 atom stereocenters. The van der Waals surface area contributed by atoms with E-state index < -0.39 is 72.0 Å². The summed E-state index contributed by atoms with van der Waals surface area (Å²) >= 11 is 0. The number of rotatable bonds is 1. The van der Waals surface area contributed by atoms with Gasteiger partial charge in [-0.15, -0.1) is 0 Å². The SMILES string of the molecule is [2H]c1cc(N)c2c(=O)n(C3C(=O)CC(=O)C([2H])([2H])C3([2H])[2H])c(C([2H])[2H])nc2c1[2H]. The number of ketones is 2. The zero-order valence-electron chi connectivity index (χ0n) is 18.6. The molecule has 0 bridgehead atoms. The fraction of sp³-hybridized carbons (Fsp3) is 0.333. The fourth-order valence-corrected chi connectivity index (χ4v) is 2.14. The Morgan fingerprint density at radius 2 is 2.33 bits per heavy atom. The van der Waals surface area contributed by atoms with Gasteiger partial charge in [-0.1, -0.05) is 6.04 Å². The summed E-state index contributed by atoms with van der Waals surface area (Å²) in [4.78, 5) is 41.5. The first-order valence-corrected chi connectivity index (χ1v) is 5.95. The number of Topliss-reactive ketones (excluding diaryl/α,β-unsaturated/α-hetero) is 2. The first-order chi connectivity index (χ1) is 13.2. The van der Waals surface area contributed by atoms with Gasteiger partial charge in [-0.3, -0.25) is 19.0 Å². The normalized spacial score (nSPS) is 29.7. The number of benzene rings is 1. The van der Waals surface area contributed by atoms with Crippen molar-refractivity contribution in [3.63, 3.8) is 0 Å². The first-order valence-electron chi connectivity index (χ1n) is 10.1. The Bertz CT molecular complexity index is 1130. The highest BCUT2D eigenvalue weighted by atomic mass is 16.2. The number of hydrogen-bond acceptors (Lipinski definition) is 5. The largest absolute Gasteiger partial charge is 0.398 e. The van der Waals surface area contributed by atoms with Gasteiger partial charge in [0.05, 0.1) is 26.1 Å². The molecule has 0 spiro atoms. The Morgan fingerprint density at radius 3 is 3.10 bits per heavy atom. The number of anilines is 1. The van der Waals surface area contributed by atoms with Gasteiger partial charge in [-0.05, 0) is 25.4 Å². The van der Waals surface area contributed by atoms with Crippen LogP contribution in [0.25, 0.3) is 10.9 Å². The highest BCUT2D eigenvalue weighted by Gasteiger charge is 2.30. The number of nitrogens with zero attached hydrogens (tertiary/aromatic N) is 2. The molecule has 1 aliphatic rings. The van der Waals surface area contributed by atoms with Crippen LogP contribution in [0.4, 0.5) is 5.69 Å². The number of carbonyl (C=O) groups is 2. The van der Waals surface area contributed by atoms with E-state index in [1.54, 1.807) is 0 Å². The Balaban J connectivity index is 2.48. The highest BCUT2D eigenvalue weighted by molar-refractivity contribution is 6.03. The number of aromatic nitrogens is 2. The van der Waals surface area contributed by atoms with E-state index in [1.807, 2.05) is 0 Å². The third kappa shape index (κ3) is 2.12. The van der Waals surface area contributed by atoms with Crippen LogP contribution < -0.4 is 11.3 Å². The maximum atomic E-state index is 13.2. The van der Waals surface area contributed by atoms with E-state index in [0.29, 0.717) is 4.57 Å². The van der Waals surface area contributed by atoms with Crippen molar-refractivity contribution in [1.82, 2.24) is 9.55 Å². The summed E-state index contributed by atoms with van der Waals surface area (Å²) in [5, 5.41) is -0.420. The third-order valence-corrected chi connectivity index (χ3v) is 3.10. The molecule has 1 aliphatic carbocycles. The van der Waals surface area contributed by atoms with E-state index in [9.17, 15) is 14.4 Å². The van der Waals surface area contributed by atoms with Gasteiger partial charge in [0.15, 0.2) is 5.78 Å². The van der Waals surface area contributed by atoms with Gasteiger partial charge < -0.3 is 5.73 Å². The summed E-state index contributed by atoms with van der Waals surface area (Å²) in [6.07, 6.45) is -7.28. The van der Waals surface area contributed by atoms with Crippen molar-refractivity contribution < 1.29 is 20.6 Å². The minimum Gasteiger partial charge on any atom is -0.398 e. The lowest BCUT2D eigenvalue weighted by Crippen LogP contribution is -2.36. The molecule has 108 valence electrons. The summed E-state index contributed by atoms with van der Waals surface area (Å²) in [5.41, 5.74) is 3.94. The van der Waals surface area contributed by atoms with Crippen LogP contribution in [0.5, 0.6) is 0 Å². The Hall–Kier alpha value is -2.50. The highest BCUT2D eigenvalue weighted by Crippen LogP contribution is 2.24. The molecular formula is C15H15N3O3. The van der Waals surface area contributed by atoms with Crippen LogP contribution >= 0.6 is 0 Å². The molecule has 1 heterocycles. The number of nitrogen functional groups attached to an aromatic ring is 1. The molecule has 1 aromatic heterocycles. The van der Waals surface area contributed by atoms with Crippen LogP contribution in [0.15, 0.2) is 22.9 Å². The molecule has 6 nitrogen and oxygen atoms in total. The van der Waals surface area contributed by atoms with E-state index >= 15 is 0 Å². The minimum absolute atomic E-state index is 0.284. The smallest absolute Gasteiger partial charge is 0.264 e. The van der Waals surface area contributed by atoms with Crippen LogP contribution in [0.2, 0.25) is 0 Å². The topological polar surface area (TPSA) is 95.0 Å². The lowest BCUT2D eigenvalue weighted by Gasteiger charge is -2.24. The second-order valence-electron chi connectivity index (χ2n) is 4.48. The molecule has 0 aliphatic heterocycles. The molecule has 2 aromatic rings. The number of aryl methyl sites for hydroxylation is 1. The van der Waals surface area contributed by atoms with Crippen molar-refractivity contribution in [3.05, 3.63) is 34.3 Å². The van der Waals surface area contributed by atoms with Crippen molar-refractivity contribution >= 4 is 28.2 Å². The van der Waals surface area contributed by atoms with Gasteiger partial charge in [0.1, 0.15) is 11.6 Å². The molecule has 1 saturated carbocycles. The Kier molecular flexibility index (Phi) is 1.59. The molecule has 0 amide bonds. The summed E-state index contributed by atoms with van der Waals surface area (Å²) in [7, 11) is 0. The van der Waals surface area contributed by atoms with E-state index in [0.717, 1.165) is 6.07 Å². The quantitative estimate of drug-likeness (QED) is 0.628. The van der Waals surface area contributed by atoms with Gasteiger partial charge >= 0.3 is 0 Å². The third-order valence-electron chi connectivity index (χ3n) is 3.10. The van der Waals surface area contributed by atoms with E-state index in [2.05, 4.69) is 4.98 Å². The predicted octanol–water partition coefficient (Wildman–Crippen LogP) is 1.15. The van der Waals surface area contributed by atoms with Crippen molar-refractivity contribution in [1.29, 1.82) is 0 Å². The van der Waals surface area contributed by atoms with Crippen LogP contribution in [0.3, 0.4) is 0 Å². The average molecular weight is 293 g/mol. The standard InChI is InChI=1S/C15H15N3O3/c1-8-17-11-4-2-3-10(16)14(11)15(21)18(8)12-6-5-9(19)7-13(12)20/h2-4,12H,5-7,16H2,1H3/i1D2,2D,4D,5D2,6D2. The lowest BCUT2D eigenvalue weighted by molar-refractivity contribution is -0.132. The van der Waals surface area contributed by atoms with Crippen molar-refractivity contribution in [2.45, 2.75) is 32.1 Å². The molecule has 0 radical (unpaired) electrons. The van der Waals surface area contributed by atoms with Crippen molar-refractivity contribution in [2.75, 3.05) is 5.73 Å². The number of nitrogens with two attached hydrogens (primary N) is 1. The van der Waals surface area contributed by atoms with Crippen molar-refractivity contribution in [2.24, 2.45) is 0 Å². The maximum absolute atomic E-state index is 13.2. The van der Waals surface area contributed by atoms with Gasteiger partial charge in [0, 0.05) is 20.3 Å². The Labute approximate surface area is 131 Å². The molecule has 1 unspecified atom stereocenters. The van der Waals surface area contributed by atoms with Gasteiger partial charge in [0.25, 0.3) is 5.56 Å². The summed E-state index contributed by atoms with van der Waals surface area (Å²) < 4.78 is 63.2. The fourth-order valence-electron chi connectivity index (χ4n) is 2.14. The first kappa shape index (κ1) is 6.98. The van der Waals surface area contributed by atoms with E-state index in [4.69, 9.17) is 16.7 Å². The van der Waals surface area contributed by atoms with Gasteiger partial charge in [-0.25, -0.2) is 4.98 Å². The molecule has 2 N–H and O–H groups in total. The molecule has 0 saturated heterocycles. The van der Waals surface area contributed by atoms with Crippen LogP contribution in [-0.2, 0) is 9.59 Å². The van der Waals surface area contributed by atoms with Crippen LogP contribution in [-0.4, -0.2) is 21.1 Å². The second-order valence-corrected chi connectivity index (χ2v) is 4.48. The molecule has 21 heavy (non-hydrogen) atoms. The molecular weight excluding hydrogens is 270 g/mol. The summed E-state index contributed by atoms with van der Waals surface area (Å²) in [5.74, 6) is -3.12. The minimum atomic E-state index is -3.18. The maximum Gasteiger partial charge on any atom is 0.264 e. The van der Waals surface area contributed by atoms with Gasteiger partial charge in [-0.2, -0.15) is 0 Å². The molecule has 6 heteroatoms. The number of hydrogen-bond donors (Lipinski definition) is 1. The average Bonchev–Trinajstić information content (AvgIpc) is 2.59. The lowest BCUT2D eigenvalue weighted by atomic mass is 9.92. The van der Waals surface area contributed by atoms with E-state index in [-0.39, 0.29) is 11.7 Å². The van der Waals surface area contributed by atoms with E-state index in [1.165, 1.54) is 0 Å². The van der Waals surface area contributed by atoms with Gasteiger partial charge in [0.2, 0.25) is 0 Å². The second kappa shape index (κ2) is 4.80. The molecule has 3 rings (SSSR count). The predicted molar refractivity (Wildman–Crippen MR) is 78.1 cm³/mol. The monoisotopic (exact) mass is 293 g/mol. The van der Waals surface area contributed by atoms with Crippen molar-refractivity contribution in [3.8, 4) is 0 Å². The van der Waals surface area contributed by atoms with Crippen LogP contribution in [0, 0.1) is 6.88 Å². The number of carbonyl (C=O) groups excluding carboxylic acids is 2. The summed E-state index contributed by atoms with van der Waals surface area (Å²) in [6, 6.07) is -2.06. The summed E-state index contributed by atoms with van der Waals surface area (Å²) in [6.45, 7) is -2.02. The molecule has 1 fully saturated rings. The van der Waals surface area contributed by atoms with Crippen LogP contribution in [0.1, 0.15) is 42.0 Å². The molecule has 1 aromatic carbocycles. The number of fused-ring (bicyclic) bond motifs is 1. The zero-order valence-corrected chi connectivity index (χ0v) is 10.6. The Morgan fingerprint density at radius 1 is 1.52 bits per heavy atom.